The maximum Gasteiger partial charge on any atom is 0.277 e. The van der Waals surface area contributed by atoms with E-state index in [9.17, 15) is 9.59 Å². The van der Waals surface area contributed by atoms with Crippen LogP contribution in [0.3, 0.4) is 0 Å². The van der Waals surface area contributed by atoms with Crippen molar-refractivity contribution in [3.63, 3.8) is 0 Å². The number of hydrogen-bond acceptors (Lipinski definition) is 8. The van der Waals surface area contributed by atoms with Crippen molar-refractivity contribution in [2.24, 2.45) is 0 Å². The molecular weight excluding hydrogens is 338 g/mol. The van der Waals surface area contributed by atoms with Crippen LogP contribution >= 0.6 is 23.1 Å². The van der Waals surface area contributed by atoms with Crippen LogP contribution in [0.5, 0.6) is 0 Å². The molecule has 3 aromatic rings. The summed E-state index contributed by atoms with van der Waals surface area (Å²) in [5.41, 5.74) is 0.241. The van der Waals surface area contributed by atoms with Crippen LogP contribution in [0.1, 0.15) is 16.5 Å². The molecule has 0 fully saturated rings. The van der Waals surface area contributed by atoms with Gasteiger partial charge in [0.2, 0.25) is 11.8 Å². The van der Waals surface area contributed by atoms with Crippen LogP contribution in [0.15, 0.2) is 13.6 Å². The van der Waals surface area contributed by atoms with Crippen LogP contribution in [-0.2, 0) is 4.79 Å². The van der Waals surface area contributed by atoms with E-state index in [1.807, 2.05) is 6.92 Å². The molecule has 0 saturated heterocycles. The first-order chi connectivity index (χ1) is 11.0. The van der Waals surface area contributed by atoms with Crippen molar-refractivity contribution < 1.29 is 9.21 Å². The molecule has 10 heteroatoms. The Morgan fingerprint density at radius 3 is 2.78 bits per heavy atom. The summed E-state index contributed by atoms with van der Waals surface area (Å²) in [5, 5.41) is 18.5. The molecule has 23 heavy (non-hydrogen) atoms. The maximum atomic E-state index is 12.1. The number of nitrogens with one attached hydrogen (secondary N) is 2. The van der Waals surface area contributed by atoms with E-state index >= 15 is 0 Å². The van der Waals surface area contributed by atoms with Crippen molar-refractivity contribution in [3.05, 3.63) is 26.8 Å². The van der Waals surface area contributed by atoms with Gasteiger partial charge in [0.25, 0.3) is 5.56 Å². The molecule has 2 N–H and O–H groups in total. The normalized spacial score (nSPS) is 11.1. The minimum atomic E-state index is -0.398. The van der Waals surface area contributed by atoms with Crippen molar-refractivity contribution in [2.75, 3.05) is 11.1 Å². The zero-order valence-electron chi connectivity index (χ0n) is 12.6. The lowest BCUT2D eigenvalue weighted by Crippen LogP contribution is -2.16. The summed E-state index contributed by atoms with van der Waals surface area (Å²) in [6.07, 6.45) is 0. The minimum Gasteiger partial charge on any atom is -0.444 e. The highest BCUT2D eigenvalue weighted by Gasteiger charge is 2.18. The van der Waals surface area contributed by atoms with Gasteiger partial charge in [-0.3, -0.25) is 14.9 Å². The summed E-state index contributed by atoms with van der Waals surface area (Å²) in [4.78, 5) is 24.1. The third kappa shape index (κ3) is 3.13. The van der Waals surface area contributed by atoms with Crippen molar-refractivity contribution in [2.45, 2.75) is 25.1 Å². The Bertz CT molecular complexity index is 943. The number of aromatic nitrogens is 4. The van der Waals surface area contributed by atoms with Gasteiger partial charge >= 0.3 is 0 Å². The van der Waals surface area contributed by atoms with E-state index in [1.54, 1.807) is 13.8 Å². The third-order valence-corrected chi connectivity index (χ3v) is 5.06. The minimum absolute atomic E-state index is 0.142. The quantitative estimate of drug-likeness (QED) is 0.691. The number of furan rings is 1. The molecule has 3 rings (SSSR count). The summed E-state index contributed by atoms with van der Waals surface area (Å²) in [5.74, 6) is 0.548. The highest BCUT2D eigenvalue weighted by molar-refractivity contribution is 8.01. The van der Waals surface area contributed by atoms with E-state index in [0.29, 0.717) is 22.2 Å². The van der Waals surface area contributed by atoms with Gasteiger partial charge in [0, 0.05) is 0 Å². The average Bonchev–Trinajstić information content (AvgIpc) is 3.05. The number of nitrogens with zero attached hydrogens (tertiary/aromatic N) is 3. The third-order valence-electron chi connectivity index (χ3n) is 3.09. The molecule has 0 aromatic carbocycles. The second-order valence-corrected chi connectivity index (χ2v) is 7.20. The number of aryl methyl sites for hydroxylation is 3. The van der Waals surface area contributed by atoms with E-state index in [4.69, 9.17) is 4.42 Å². The highest BCUT2D eigenvalue weighted by Crippen LogP contribution is 2.29. The predicted molar refractivity (Wildman–Crippen MR) is 88.1 cm³/mol. The van der Waals surface area contributed by atoms with E-state index < -0.39 is 5.56 Å². The van der Waals surface area contributed by atoms with Crippen molar-refractivity contribution in [3.8, 4) is 0 Å². The number of amides is 1. The van der Waals surface area contributed by atoms with Gasteiger partial charge in [-0.1, -0.05) is 23.1 Å². The molecule has 3 heterocycles. The van der Waals surface area contributed by atoms with Crippen LogP contribution < -0.4 is 10.9 Å². The number of fused-ring (bicyclic) bond motifs is 1. The molecule has 3 aromatic heterocycles. The zero-order valence-corrected chi connectivity index (χ0v) is 14.2. The summed E-state index contributed by atoms with van der Waals surface area (Å²) < 4.78 is 6.25. The lowest BCUT2D eigenvalue weighted by molar-refractivity contribution is -0.113. The van der Waals surface area contributed by atoms with Crippen LogP contribution in [0.4, 0.5) is 5.88 Å². The SMILES string of the molecule is Cc1nnc(SCC(=O)Nc2oc(C)c3c(C)n[nH]c(=O)c23)s1. The highest BCUT2D eigenvalue weighted by atomic mass is 32.2. The standard InChI is InChI=1S/C13H13N5O3S2/c1-5-9-6(2)21-12(10(9)11(20)17-15-5)14-8(19)4-22-13-18-16-7(3)23-13/h4H2,1-3H3,(H,14,19)(H,17,20). The monoisotopic (exact) mass is 351 g/mol. The Balaban J connectivity index is 1.80. The predicted octanol–water partition coefficient (Wildman–Crippen LogP) is 2.02. The number of carbonyl (C=O) groups excluding carboxylic acids is 1. The molecule has 0 radical (unpaired) electrons. The molecule has 0 aliphatic rings. The van der Waals surface area contributed by atoms with Crippen LogP contribution in [0.25, 0.3) is 10.8 Å². The lowest BCUT2D eigenvalue weighted by Gasteiger charge is -2.01. The van der Waals surface area contributed by atoms with E-state index in [1.165, 1.54) is 23.1 Å². The van der Waals surface area contributed by atoms with Crippen molar-refractivity contribution in [1.82, 2.24) is 20.4 Å². The summed E-state index contributed by atoms with van der Waals surface area (Å²) >= 11 is 2.70. The van der Waals surface area contributed by atoms with Gasteiger partial charge in [-0.2, -0.15) is 5.10 Å². The second-order valence-electron chi connectivity index (χ2n) is 4.80. The Morgan fingerprint density at radius 2 is 2.09 bits per heavy atom. The van der Waals surface area contributed by atoms with Crippen LogP contribution in [0.2, 0.25) is 0 Å². The second kappa shape index (κ2) is 6.13. The number of H-pyrrole nitrogens is 1. The molecule has 0 unspecified atom stereocenters. The van der Waals surface area contributed by atoms with Crippen LogP contribution in [0, 0.1) is 20.8 Å². The van der Waals surface area contributed by atoms with Crippen molar-refractivity contribution in [1.29, 1.82) is 0 Å². The topological polar surface area (TPSA) is 114 Å². The van der Waals surface area contributed by atoms with Crippen molar-refractivity contribution >= 4 is 45.7 Å². The molecule has 1 amide bonds. The lowest BCUT2D eigenvalue weighted by atomic mass is 10.2. The largest absolute Gasteiger partial charge is 0.444 e. The van der Waals surface area contributed by atoms with Gasteiger partial charge in [0.1, 0.15) is 16.2 Å². The zero-order chi connectivity index (χ0) is 16.6. The Hall–Kier alpha value is -2.20. The van der Waals surface area contributed by atoms with Gasteiger partial charge in [-0.25, -0.2) is 5.10 Å². The Kier molecular flexibility index (Phi) is 4.18. The Morgan fingerprint density at radius 1 is 1.30 bits per heavy atom. The van der Waals surface area contributed by atoms with Gasteiger partial charge in [0.15, 0.2) is 4.34 Å². The van der Waals surface area contributed by atoms with E-state index in [-0.39, 0.29) is 17.5 Å². The molecule has 0 spiro atoms. The molecule has 8 nitrogen and oxygen atoms in total. The number of thioether (sulfide) groups is 1. The molecule has 0 aliphatic heterocycles. The smallest absolute Gasteiger partial charge is 0.277 e. The average molecular weight is 351 g/mol. The van der Waals surface area contributed by atoms with Gasteiger partial charge in [0.05, 0.1) is 16.8 Å². The number of carbonyl (C=O) groups is 1. The fraction of sp³-hybridized carbons (Fsp3) is 0.308. The summed E-state index contributed by atoms with van der Waals surface area (Å²) in [6.45, 7) is 5.34. The molecule has 0 saturated carbocycles. The Labute approximate surface area is 138 Å². The molecule has 0 aliphatic carbocycles. The van der Waals surface area contributed by atoms with E-state index in [2.05, 4.69) is 25.7 Å². The first-order valence-corrected chi connectivity index (χ1v) is 8.47. The fourth-order valence-electron chi connectivity index (χ4n) is 2.16. The first-order valence-electron chi connectivity index (χ1n) is 6.67. The number of rotatable bonds is 4. The fourth-order valence-corrected chi connectivity index (χ4v) is 3.77. The molecule has 0 atom stereocenters. The number of anilines is 1. The van der Waals surface area contributed by atoms with Gasteiger partial charge in [-0.15, -0.1) is 10.2 Å². The molecule has 120 valence electrons. The van der Waals surface area contributed by atoms with Crippen LogP contribution in [-0.4, -0.2) is 32.1 Å². The van der Waals surface area contributed by atoms with Gasteiger partial charge in [-0.05, 0) is 20.8 Å². The molecular formula is C13H13N5O3S2. The molecule has 0 bridgehead atoms. The summed E-state index contributed by atoms with van der Waals surface area (Å²) in [6, 6.07) is 0. The maximum absolute atomic E-state index is 12.1. The van der Waals surface area contributed by atoms with Gasteiger partial charge < -0.3 is 4.42 Å². The summed E-state index contributed by atoms with van der Waals surface area (Å²) in [7, 11) is 0. The number of aromatic amines is 1. The van der Waals surface area contributed by atoms with E-state index in [0.717, 1.165) is 9.35 Å². The first kappa shape index (κ1) is 15.7. The number of hydrogen-bond donors (Lipinski definition) is 2.